The van der Waals surface area contributed by atoms with E-state index in [0.717, 1.165) is 11.6 Å². The summed E-state index contributed by atoms with van der Waals surface area (Å²) in [6.45, 7) is 4.12. The van der Waals surface area contributed by atoms with Gasteiger partial charge in [0.15, 0.2) is 9.84 Å². The molecule has 0 spiro atoms. The fraction of sp³-hybridized carbons (Fsp3) is 0.647. The number of anilines is 1. The molecule has 2 rings (SSSR count). The van der Waals surface area contributed by atoms with E-state index in [0.29, 0.717) is 17.4 Å². The molecule has 0 aliphatic heterocycles. The molecule has 1 fully saturated rings. The van der Waals surface area contributed by atoms with Gasteiger partial charge < -0.3 is 5.32 Å². The van der Waals surface area contributed by atoms with Gasteiger partial charge in [-0.3, -0.25) is 0 Å². The summed E-state index contributed by atoms with van der Waals surface area (Å²) >= 11 is 0. The van der Waals surface area contributed by atoms with Gasteiger partial charge in [-0.2, -0.15) is 0 Å². The summed E-state index contributed by atoms with van der Waals surface area (Å²) in [5, 5.41) is 3.53. The number of nitrogens with one attached hydrogen (secondary N) is 1. The number of sulfone groups is 1. The minimum atomic E-state index is -3.10. The average molecular weight is 309 g/mol. The zero-order valence-electron chi connectivity index (χ0n) is 13.1. The van der Waals surface area contributed by atoms with Crippen LogP contribution in [-0.4, -0.2) is 20.2 Å². The molecule has 4 heteroatoms. The molecule has 0 bridgehead atoms. The van der Waals surface area contributed by atoms with Crippen LogP contribution in [0.3, 0.4) is 0 Å². The molecule has 1 N–H and O–H groups in total. The van der Waals surface area contributed by atoms with Crippen molar-refractivity contribution in [2.45, 2.75) is 63.3 Å². The van der Waals surface area contributed by atoms with Crippen LogP contribution in [0.1, 0.15) is 52.4 Å². The molecule has 1 unspecified atom stereocenters. The van der Waals surface area contributed by atoms with E-state index >= 15 is 0 Å². The lowest BCUT2D eigenvalue weighted by atomic mass is 9.84. The van der Waals surface area contributed by atoms with Gasteiger partial charge >= 0.3 is 0 Å². The maximum atomic E-state index is 12.0. The van der Waals surface area contributed by atoms with E-state index in [4.69, 9.17) is 0 Å². The Morgan fingerprint density at radius 1 is 1.14 bits per heavy atom. The zero-order valence-corrected chi connectivity index (χ0v) is 14.0. The molecule has 0 saturated heterocycles. The van der Waals surface area contributed by atoms with Gasteiger partial charge in [-0.25, -0.2) is 8.42 Å². The molecule has 0 amide bonds. The second-order valence-electron chi connectivity index (χ2n) is 6.17. The molecule has 1 saturated carbocycles. The first kappa shape index (κ1) is 16.3. The van der Waals surface area contributed by atoms with Gasteiger partial charge in [0, 0.05) is 11.7 Å². The predicted octanol–water partition coefficient (Wildman–Crippen LogP) is 4.25. The standard InChI is InChI=1S/C17H27NO2S/c1-3-13-21(19,20)17-11-9-16(10-12-17)18-14(2)15-7-5-4-6-8-15/h9-12,14-15,18H,3-8,13H2,1-2H3. The fourth-order valence-electron chi connectivity index (χ4n) is 3.16. The smallest absolute Gasteiger partial charge is 0.178 e. The third-order valence-corrected chi connectivity index (χ3v) is 6.37. The summed E-state index contributed by atoms with van der Waals surface area (Å²) in [5.41, 5.74) is 1.02. The van der Waals surface area contributed by atoms with Crippen LogP contribution in [0.2, 0.25) is 0 Å². The van der Waals surface area contributed by atoms with Gasteiger partial charge in [0.2, 0.25) is 0 Å². The van der Waals surface area contributed by atoms with Crippen LogP contribution in [-0.2, 0) is 9.84 Å². The SMILES string of the molecule is CCCS(=O)(=O)c1ccc(NC(C)C2CCCCC2)cc1. The Hall–Kier alpha value is -1.03. The lowest BCUT2D eigenvalue weighted by Crippen LogP contribution is -2.27. The third kappa shape index (κ3) is 4.47. The molecule has 21 heavy (non-hydrogen) atoms. The molecule has 1 atom stereocenters. The number of hydrogen-bond donors (Lipinski definition) is 1. The van der Waals surface area contributed by atoms with Crippen molar-refractivity contribution in [1.82, 2.24) is 0 Å². The summed E-state index contributed by atoms with van der Waals surface area (Å²) in [4.78, 5) is 0.431. The van der Waals surface area contributed by atoms with Crippen molar-refractivity contribution < 1.29 is 8.42 Å². The highest BCUT2D eigenvalue weighted by Gasteiger charge is 2.20. The minimum Gasteiger partial charge on any atom is -0.382 e. The van der Waals surface area contributed by atoms with Gasteiger partial charge in [0.05, 0.1) is 10.6 Å². The molecule has 0 radical (unpaired) electrons. The largest absolute Gasteiger partial charge is 0.382 e. The van der Waals surface area contributed by atoms with Gasteiger partial charge in [0.25, 0.3) is 0 Å². The molecular weight excluding hydrogens is 282 g/mol. The van der Waals surface area contributed by atoms with Crippen molar-refractivity contribution in [2.24, 2.45) is 5.92 Å². The molecule has 0 heterocycles. The Balaban J connectivity index is 1.99. The Bertz CT molecular complexity index is 530. The van der Waals surface area contributed by atoms with Gasteiger partial charge in [-0.05, 0) is 56.4 Å². The van der Waals surface area contributed by atoms with E-state index in [1.54, 1.807) is 12.1 Å². The van der Waals surface area contributed by atoms with Crippen molar-refractivity contribution >= 4 is 15.5 Å². The maximum absolute atomic E-state index is 12.0. The normalized spacial score (nSPS) is 18.4. The van der Waals surface area contributed by atoms with Gasteiger partial charge in [-0.15, -0.1) is 0 Å². The van der Waals surface area contributed by atoms with Crippen molar-refractivity contribution in [1.29, 1.82) is 0 Å². The fourth-order valence-corrected chi connectivity index (χ4v) is 4.48. The van der Waals surface area contributed by atoms with Gasteiger partial charge in [-0.1, -0.05) is 26.2 Å². The van der Waals surface area contributed by atoms with E-state index in [1.807, 2.05) is 19.1 Å². The van der Waals surface area contributed by atoms with E-state index < -0.39 is 9.84 Å². The van der Waals surface area contributed by atoms with Crippen molar-refractivity contribution in [3.05, 3.63) is 24.3 Å². The Kier molecular flexibility index (Phi) is 5.68. The van der Waals surface area contributed by atoms with E-state index in [9.17, 15) is 8.42 Å². The van der Waals surface area contributed by atoms with Crippen LogP contribution in [0.25, 0.3) is 0 Å². The first-order valence-electron chi connectivity index (χ1n) is 8.12. The quantitative estimate of drug-likeness (QED) is 0.854. The molecular formula is C17H27NO2S. The van der Waals surface area contributed by atoms with E-state index in [-0.39, 0.29) is 5.75 Å². The number of hydrogen-bond acceptors (Lipinski definition) is 3. The highest BCUT2D eigenvalue weighted by molar-refractivity contribution is 7.91. The van der Waals surface area contributed by atoms with Crippen molar-refractivity contribution in [3.63, 3.8) is 0 Å². The van der Waals surface area contributed by atoms with Crippen LogP contribution in [0.15, 0.2) is 29.2 Å². The Morgan fingerprint density at radius 3 is 2.33 bits per heavy atom. The Morgan fingerprint density at radius 2 is 1.76 bits per heavy atom. The van der Waals surface area contributed by atoms with Gasteiger partial charge in [0.1, 0.15) is 0 Å². The molecule has 1 aromatic rings. The van der Waals surface area contributed by atoms with Crippen molar-refractivity contribution in [3.8, 4) is 0 Å². The van der Waals surface area contributed by atoms with Crippen LogP contribution in [0, 0.1) is 5.92 Å². The molecule has 118 valence electrons. The minimum absolute atomic E-state index is 0.220. The first-order chi connectivity index (χ1) is 10.0. The highest BCUT2D eigenvalue weighted by Crippen LogP contribution is 2.28. The average Bonchev–Trinajstić information content (AvgIpc) is 2.48. The Labute approximate surface area is 129 Å². The summed E-state index contributed by atoms with van der Waals surface area (Å²) in [5.74, 6) is 0.959. The van der Waals surface area contributed by atoms with Crippen LogP contribution >= 0.6 is 0 Å². The van der Waals surface area contributed by atoms with Crippen molar-refractivity contribution in [2.75, 3.05) is 11.1 Å². The predicted molar refractivity (Wildman–Crippen MR) is 88.4 cm³/mol. The molecule has 1 aromatic carbocycles. The number of rotatable bonds is 6. The molecule has 0 aromatic heterocycles. The molecule has 3 nitrogen and oxygen atoms in total. The maximum Gasteiger partial charge on any atom is 0.178 e. The summed E-state index contributed by atoms with van der Waals surface area (Å²) in [7, 11) is -3.10. The van der Waals surface area contributed by atoms with E-state index in [2.05, 4.69) is 12.2 Å². The summed E-state index contributed by atoms with van der Waals surface area (Å²) in [6.07, 6.45) is 7.30. The second-order valence-corrected chi connectivity index (χ2v) is 8.28. The summed E-state index contributed by atoms with van der Waals surface area (Å²) in [6, 6.07) is 7.68. The third-order valence-electron chi connectivity index (χ3n) is 4.44. The molecule has 1 aliphatic carbocycles. The number of benzene rings is 1. The first-order valence-corrected chi connectivity index (χ1v) is 9.77. The monoisotopic (exact) mass is 309 g/mol. The highest BCUT2D eigenvalue weighted by atomic mass is 32.2. The lowest BCUT2D eigenvalue weighted by molar-refractivity contribution is 0.328. The van der Waals surface area contributed by atoms with E-state index in [1.165, 1.54) is 32.1 Å². The molecule has 1 aliphatic rings. The van der Waals surface area contributed by atoms with Crippen LogP contribution in [0.4, 0.5) is 5.69 Å². The summed E-state index contributed by atoms with van der Waals surface area (Å²) < 4.78 is 24.0. The lowest BCUT2D eigenvalue weighted by Gasteiger charge is -2.29. The van der Waals surface area contributed by atoms with Crippen LogP contribution < -0.4 is 5.32 Å². The second kappa shape index (κ2) is 7.30. The van der Waals surface area contributed by atoms with Crippen LogP contribution in [0.5, 0.6) is 0 Å². The topological polar surface area (TPSA) is 46.2 Å². The zero-order chi connectivity index (χ0) is 15.3.